The van der Waals surface area contributed by atoms with Crippen LogP contribution in [-0.4, -0.2) is 36.7 Å². The lowest BCUT2D eigenvalue weighted by atomic mass is 10.4. The Morgan fingerprint density at radius 2 is 2.19 bits per heavy atom. The highest BCUT2D eigenvalue weighted by atomic mass is 16.6. The van der Waals surface area contributed by atoms with Crippen LogP contribution in [-0.2, 0) is 11.2 Å². The first-order valence-corrected chi connectivity index (χ1v) is 6.44. The monoisotopic (exact) mass is 293 g/mol. The summed E-state index contributed by atoms with van der Waals surface area (Å²) in [5.74, 6) is 0.207. The first kappa shape index (κ1) is 14.7. The van der Waals surface area contributed by atoms with Crippen LogP contribution in [0.5, 0.6) is 0 Å². The highest BCUT2D eigenvalue weighted by molar-refractivity contribution is 5.73. The van der Waals surface area contributed by atoms with Crippen molar-refractivity contribution in [3.8, 4) is 5.95 Å². The minimum absolute atomic E-state index is 0.104. The Morgan fingerprint density at radius 1 is 1.48 bits per heavy atom. The lowest BCUT2D eigenvalue weighted by molar-refractivity contribution is -0.391. The summed E-state index contributed by atoms with van der Waals surface area (Å²) >= 11 is 0. The lowest BCUT2D eigenvalue weighted by Gasteiger charge is -2.05. The molecule has 2 aromatic heterocycles. The molecule has 0 atom stereocenters. The van der Waals surface area contributed by atoms with E-state index in [1.165, 1.54) is 10.8 Å². The molecule has 0 aliphatic heterocycles. The number of aryl methyl sites for hydroxylation is 2. The van der Waals surface area contributed by atoms with E-state index in [4.69, 9.17) is 4.74 Å². The van der Waals surface area contributed by atoms with Gasteiger partial charge in [0.15, 0.2) is 0 Å². The van der Waals surface area contributed by atoms with Gasteiger partial charge in [0.2, 0.25) is 5.82 Å². The Kier molecular flexibility index (Phi) is 4.01. The van der Waals surface area contributed by atoms with E-state index in [0.29, 0.717) is 17.9 Å². The quantitative estimate of drug-likeness (QED) is 0.629. The molecule has 0 saturated heterocycles. The van der Waals surface area contributed by atoms with Crippen LogP contribution in [0.3, 0.4) is 0 Å². The van der Waals surface area contributed by atoms with Gasteiger partial charge in [0.1, 0.15) is 6.20 Å². The van der Waals surface area contributed by atoms with Crippen molar-refractivity contribution in [1.82, 2.24) is 19.1 Å². The number of hydrogen-bond donors (Lipinski definition) is 0. The summed E-state index contributed by atoms with van der Waals surface area (Å²) < 4.78 is 7.32. The van der Waals surface area contributed by atoms with E-state index in [1.54, 1.807) is 13.8 Å². The van der Waals surface area contributed by atoms with Crippen LogP contribution in [0.1, 0.15) is 25.4 Å². The molecule has 0 unspecified atom stereocenters. The van der Waals surface area contributed by atoms with Gasteiger partial charge in [-0.25, -0.2) is 9.78 Å². The number of nitrogens with zero attached hydrogens (tertiary/aromatic N) is 5. The zero-order valence-electron chi connectivity index (χ0n) is 11.9. The molecule has 9 nitrogen and oxygen atoms in total. The van der Waals surface area contributed by atoms with Gasteiger partial charge in [-0.1, -0.05) is 6.92 Å². The fraction of sp³-hybridized carbons (Fsp3) is 0.417. The number of ether oxygens (including phenoxy) is 1. The van der Waals surface area contributed by atoms with Gasteiger partial charge in [0, 0.05) is 13.1 Å². The van der Waals surface area contributed by atoms with Crippen LogP contribution < -0.4 is 0 Å². The predicted molar refractivity (Wildman–Crippen MR) is 72.5 cm³/mol. The van der Waals surface area contributed by atoms with Gasteiger partial charge in [-0.05, 0) is 18.3 Å². The van der Waals surface area contributed by atoms with Gasteiger partial charge in [-0.2, -0.15) is 9.55 Å². The SMILES string of the molecule is CCOC(=O)n1cc(CC)nc1-n1c([N+](=O)[O-])cnc1C. The first-order chi connectivity index (χ1) is 9.99. The number of carbonyl (C=O) groups is 1. The van der Waals surface area contributed by atoms with Gasteiger partial charge < -0.3 is 14.9 Å². The van der Waals surface area contributed by atoms with E-state index >= 15 is 0 Å². The molecule has 0 aromatic carbocycles. The molecule has 0 amide bonds. The van der Waals surface area contributed by atoms with Crippen molar-refractivity contribution in [3.05, 3.63) is 34.0 Å². The van der Waals surface area contributed by atoms with Crippen molar-refractivity contribution in [2.75, 3.05) is 6.61 Å². The normalized spacial score (nSPS) is 10.6. The topological polar surface area (TPSA) is 105 Å². The Morgan fingerprint density at radius 3 is 2.76 bits per heavy atom. The Bertz CT molecular complexity index is 688. The third kappa shape index (κ3) is 2.62. The van der Waals surface area contributed by atoms with Gasteiger partial charge in [0.25, 0.3) is 0 Å². The fourth-order valence-corrected chi connectivity index (χ4v) is 1.88. The summed E-state index contributed by atoms with van der Waals surface area (Å²) in [4.78, 5) is 30.7. The van der Waals surface area contributed by atoms with E-state index in [9.17, 15) is 14.9 Å². The second-order valence-corrected chi connectivity index (χ2v) is 4.21. The number of rotatable bonds is 4. The molecule has 0 aliphatic rings. The minimum atomic E-state index is -0.637. The standard InChI is InChI=1S/C12H15N5O4/c1-4-9-7-15(12(18)21-5-2)11(14-9)16-8(3)13-6-10(16)17(19)20/h6-7H,4-5H2,1-3H3. The number of aromatic nitrogens is 4. The van der Waals surface area contributed by atoms with Gasteiger partial charge in [0.05, 0.1) is 12.3 Å². The summed E-state index contributed by atoms with van der Waals surface area (Å²) in [5, 5.41) is 11.1. The third-order valence-corrected chi connectivity index (χ3v) is 2.87. The summed E-state index contributed by atoms with van der Waals surface area (Å²) in [6.45, 7) is 5.35. The number of nitro groups is 1. The van der Waals surface area contributed by atoms with Crippen LogP contribution >= 0.6 is 0 Å². The lowest BCUT2D eigenvalue weighted by Crippen LogP contribution is -2.18. The highest BCUT2D eigenvalue weighted by Crippen LogP contribution is 2.21. The minimum Gasteiger partial charge on any atom is -0.449 e. The van der Waals surface area contributed by atoms with E-state index in [1.807, 2.05) is 6.92 Å². The molecule has 0 aliphatic carbocycles. The number of imidazole rings is 2. The molecule has 9 heteroatoms. The van der Waals surface area contributed by atoms with Crippen molar-refractivity contribution in [3.63, 3.8) is 0 Å². The maximum Gasteiger partial charge on any atom is 0.422 e. The molecule has 0 saturated carbocycles. The Balaban J connectivity index is 2.63. The highest BCUT2D eigenvalue weighted by Gasteiger charge is 2.27. The Hall–Kier alpha value is -2.71. The molecular formula is C12H15N5O4. The number of hydrogen-bond acceptors (Lipinski definition) is 6. The van der Waals surface area contributed by atoms with Crippen LogP contribution in [0.15, 0.2) is 12.4 Å². The average Bonchev–Trinajstić information content (AvgIpc) is 3.01. The van der Waals surface area contributed by atoms with Crippen LogP contribution in [0.4, 0.5) is 10.6 Å². The summed E-state index contributed by atoms with van der Waals surface area (Å²) in [5.41, 5.74) is 0.625. The molecule has 2 heterocycles. The van der Waals surface area contributed by atoms with E-state index < -0.39 is 11.0 Å². The molecule has 112 valence electrons. The van der Waals surface area contributed by atoms with Crippen molar-refractivity contribution >= 4 is 11.9 Å². The zero-order valence-corrected chi connectivity index (χ0v) is 11.9. The van der Waals surface area contributed by atoms with E-state index in [-0.39, 0.29) is 18.4 Å². The van der Waals surface area contributed by atoms with Crippen molar-refractivity contribution in [2.45, 2.75) is 27.2 Å². The molecule has 0 bridgehead atoms. The Labute approximate surface area is 120 Å². The molecule has 21 heavy (non-hydrogen) atoms. The molecule has 0 spiro atoms. The van der Waals surface area contributed by atoms with Gasteiger partial charge >= 0.3 is 17.9 Å². The van der Waals surface area contributed by atoms with E-state index in [0.717, 1.165) is 10.8 Å². The third-order valence-electron chi connectivity index (χ3n) is 2.87. The van der Waals surface area contributed by atoms with Crippen molar-refractivity contribution < 1.29 is 14.5 Å². The fourth-order valence-electron chi connectivity index (χ4n) is 1.88. The summed E-state index contributed by atoms with van der Waals surface area (Å²) in [6, 6.07) is 0. The second kappa shape index (κ2) is 5.73. The predicted octanol–water partition coefficient (Wildman–Crippen LogP) is 1.85. The van der Waals surface area contributed by atoms with Gasteiger partial charge in [-0.3, -0.25) is 0 Å². The average molecular weight is 293 g/mol. The molecule has 2 aromatic rings. The first-order valence-electron chi connectivity index (χ1n) is 6.44. The molecule has 0 fully saturated rings. The zero-order chi connectivity index (χ0) is 15.6. The van der Waals surface area contributed by atoms with Crippen LogP contribution in [0.2, 0.25) is 0 Å². The summed E-state index contributed by atoms with van der Waals surface area (Å²) in [7, 11) is 0. The maximum atomic E-state index is 12.0. The van der Waals surface area contributed by atoms with Crippen molar-refractivity contribution in [2.24, 2.45) is 0 Å². The van der Waals surface area contributed by atoms with Crippen molar-refractivity contribution in [1.29, 1.82) is 0 Å². The second-order valence-electron chi connectivity index (χ2n) is 4.21. The summed E-state index contributed by atoms with van der Waals surface area (Å²) in [6.07, 6.45) is 2.59. The van der Waals surface area contributed by atoms with E-state index in [2.05, 4.69) is 9.97 Å². The molecule has 0 radical (unpaired) electrons. The molecule has 0 N–H and O–H groups in total. The number of carbonyl (C=O) groups excluding carboxylic acids is 1. The maximum absolute atomic E-state index is 12.0. The van der Waals surface area contributed by atoms with Crippen LogP contribution in [0, 0.1) is 17.0 Å². The van der Waals surface area contributed by atoms with Gasteiger partial charge in [-0.15, -0.1) is 4.57 Å². The molecule has 2 rings (SSSR count). The molecular weight excluding hydrogens is 278 g/mol. The van der Waals surface area contributed by atoms with Crippen LogP contribution in [0.25, 0.3) is 5.95 Å². The smallest absolute Gasteiger partial charge is 0.422 e. The largest absolute Gasteiger partial charge is 0.449 e.